The SMILES string of the molecule is CC(C)(C)c1ccc2c(c1)B1c3cc(C(C)(C)C)ccc3N(c3cccc(-c4cccc5c4oc4ccccc45)c3)c3cccc(c31)N2c1cccc(-c2cccc3c2oc2ccccc23)c1. The topological polar surface area (TPSA) is 32.8 Å². The highest BCUT2D eigenvalue weighted by molar-refractivity contribution is 7.00. The Bertz CT molecular complexity index is 3580. The van der Waals surface area contributed by atoms with Crippen LogP contribution >= 0.6 is 0 Å². The lowest BCUT2D eigenvalue weighted by Crippen LogP contribution is -2.61. The van der Waals surface area contributed by atoms with E-state index in [9.17, 15) is 0 Å². The maximum absolute atomic E-state index is 6.60. The van der Waals surface area contributed by atoms with Crippen molar-refractivity contribution >= 4 is 101 Å². The molecule has 322 valence electrons. The van der Waals surface area contributed by atoms with E-state index in [-0.39, 0.29) is 17.5 Å². The average Bonchev–Trinajstić information content (AvgIpc) is 3.92. The zero-order valence-electron chi connectivity index (χ0n) is 38.7. The van der Waals surface area contributed by atoms with E-state index >= 15 is 0 Å². The Hall–Kier alpha value is -7.76. The third-order valence-corrected chi connectivity index (χ3v) is 14.4. The van der Waals surface area contributed by atoms with Crippen LogP contribution in [0.5, 0.6) is 0 Å². The largest absolute Gasteiger partial charge is 0.455 e. The lowest BCUT2D eigenvalue weighted by Gasteiger charge is -2.45. The highest BCUT2D eigenvalue weighted by Crippen LogP contribution is 2.47. The number of para-hydroxylation sites is 4. The number of nitrogens with zero attached hydrogens (tertiary/aromatic N) is 2. The molecule has 4 nitrogen and oxygen atoms in total. The molecule has 9 aromatic carbocycles. The molecule has 13 rings (SSSR count). The molecule has 0 amide bonds. The summed E-state index contributed by atoms with van der Waals surface area (Å²) in [5, 5.41) is 4.52. The summed E-state index contributed by atoms with van der Waals surface area (Å²) in [7, 11) is 0. The first-order valence-electron chi connectivity index (χ1n) is 23.5. The molecule has 0 saturated carbocycles. The summed E-state index contributed by atoms with van der Waals surface area (Å²) in [6, 6.07) is 69.1. The fraction of sp³-hybridized carbons (Fsp3) is 0.129. The molecule has 0 atom stereocenters. The minimum atomic E-state index is -0.0508. The Morgan fingerprint density at radius 3 is 1.25 bits per heavy atom. The van der Waals surface area contributed by atoms with Crippen LogP contribution in [0.15, 0.2) is 197 Å². The summed E-state index contributed by atoms with van der Waals surface area (Å²) in [4.78, 5) is 5.02. The lowest BCUT2D eigenvalue weighted by molar-refractivity contribution is 0.590. The van der Waals surface area contributed by atoms with Crippen LogP contribution in [0, 0.1) is 0 Å². The van der Waals surface area contributed by atoms with Crippen molar-refractivity contribution in [3.8, 4) is 22.3 Å². The van der Waals surface area contributed by atoms with Gasteiger partial charge in [0.25, 0.3) is 6.71 Å². The van der Waals surface area contributed by atoms with Gasteiger partial charge in [0, 0.05) is 66.8 Å². The Labute approximate surface area is 391 Å². The Balaban J connectivity index is 1.04. The van der Waals surface area contributed by atoms with Crippen molar-refractivity contribution in [3.05, 3.63) is 199 Å². The molecule has 2 aromatic heterocycles. The van der Waals surface area contributed by atoms with Gasteiger partial charge in [0.2, 0.25) is 0 Å². The van der Waals surface area contributed by atoms with E-state index in [0.29, 0.717) is 0 Å². The van der Waals surface area contributed by atoms with Gasteiger partial charge in [-0.05, 0) is 110 Å². The Morgan fingerprint density at radius 1 is 0.373 bits per heavy atom. The molecule has 0 spiro atoms. The van der Waals surface area contributed by atoms with Gasteiger partial charge in [-0.25, -0.2) is 0 Å². The van der Waals surface area contributed by atoms with Crippen LogP contribution < -0.4 is 26.2 Å². The molecule has 11 aromatic rings. The fourth-order valence-corrected chi connectivity index (χ4v) is 11.0. The van der Waals surface area contributed by atoms with Crippen molar-refractivity contribution in [1.82, 2.24) is 0 Å². The highest BCUT2D eigenvalue weighted by Gasteiger charge is 2.44. The predicted molar refractivity (Wildman–Crippen MR) is 283 cm³/mol. The number of hydrogen-bond donors (Lipinski definition) is 0. The number of furan rings is 2. The first kappa shape index (κ1) is 39.6. The van der Waals surface area contributed by atoms with Crippen LogP contribution in [0.25, 0.3) is 66.1 Å². The van der Waals surface area contributed by atoms with Crippen molar-refractivity contribution in [3.63, 3.8) is 0 Å². The lowest BCUT2D eigenvalue weighted by atomic mass is 9.33. The highest BCUT2D eigenvalue weighted by atomic mass is 16.3. The molecule has 4 heterocycles. The van der Waals surface area contributed by atoms with E-state index in [4.69, 9.17) is 8.83 Å². The van der Waals surface area contributed by atoms with Gasteiger partial charge in [-0.2, -0.15) is 0 Å². The number of rotatable bonds is 4. The van der Waals surface area contributed by atoms with Crippen molar-refractivity contribution < 1.29 is 8.83 Å². The maximum atomic E-state index is 6.60. The summed E-state index contributed by atoms with van der Waals surface area (Å²) >= 11 is 0. The molecular formula is C62H49BN2O2. The minimum absolute atomic E-state index is 0.00624. The average molecular weight is 865 g/mol. The normalized spacial score (nSPS) is 13.4. The number of anilines is 6. The van der Waals surface area contributed by atoms with E-state index in [1.165, 1.54) is 50.3 Å². The van der Waals surface area contributed by atoms with Crippen LogP contribution in [0.1, 0.15) is 52.7 Å². The molecule has 2 aliphatic heterocycles. The van der Waals surface area contributed by atoms with Crippen LogP contribution in [0.4, 0.5) is 34.1 Å². The zero-order valence-corrected chi connectivity index (χ0v) is 38.7. The Morgan fingerprint density at radius 2 is 0.791 bits per heavy atom. The molecule has 0 saturated heterocycles. The van der Waals surface area contributed by atoms with Crippen LogP contribution in [-0.2, 0) is 10.8 Å². The Kier molecular flexibility index (Phi) is 8.49. The predicted octanol–water partition coefficient (Wildman–Crippen LogP) is 15.5. The molecule has 0 N–H and O–H groups in total. The summed E-state index contributed by atoms with van der Waals surface area (Å²) in [6.45, 7) is 13.9. The quantitative estimate of drug-likeness (QED) is 0.165. The van der Waals surface area contributed by atoms with E-state index in [0.717, 1.165) is 77.5 Å². The van der Waals surface area contributed by atoms with Crippen molar-refractivity contribution in [1.29, 1.82) is 0 Å². The summed E-state index contributed by atoms with van der Waals surface area (Å²) in [5.41, 5.74) is 21.4. The fourth-order valence-electron chi connectivity index (χ4n) is 11.0. The molecule has 5 heteroatoms. The molecule has 0 unspecified atom stereocenters. The standard InChI is InChI=1S/C62H49BN2O2/c1-61(2,3)40-30-32-52-50(36-40)63-51-37-41(62(4,5)6)31-33-53(51)65(43-19-12-17-39(35-43)45-23-14-25-49-47-21-8-10-29-57(47)67-60(45)49)55-27-15-26-54(58(55)63)64(52)42-18-11-16-38(34-42)44-22-13-24-48-46-20-7-9-28-56(46)66-59(44)48/h7-37H,1-6H3. The monoisotopic (exact) mass is 864 g/mol. The third-order valence-electron chi connectivity index (χ3n) is 14.4. The number of hydrogen-bond acceptors (Lipinski definition) is 4. The van der Waals surface area contributed by atoms with E-state index in [2.05, 4.69) is 227 Å². The molecule has 0 bridgehead atoms. The molecule has 2 aliphatic rings. The van der Waals surface area contributed by atoms with Crippen molar-refractivity contribution in [2.24, 2.45) is 0 Å². The molecule has 0 fully saturated rings. The van der Waals surface area contributed by atoms with Gasteiger partial charge in [0.05, 0.1) is 0 Å². The van der Waals surface area contributed by atoms with Crippen LogP contribution in [0.2, 0.25) is 0 Å². The molecular weight excluding hydrogens is 816 g/mol. The van der Waals surface area contributed by atoms with Gasteiger partial charge in [-0.3, -0.25) is 0 Å². The smallest absolute Gasteiger partial charge is 0.252 e. The second-order valence-electron chi connectivity index (χ2n) is 20.5. The van der Waals surface area contributed by atoms with E-state index in [1.54, 1.807) is 0 Å². The van der Waals surface area contributed by atoms with Gasteiger partial charge >= 0.3 is 0 Å². The van der Waals surface area contributed by atoms with Crippen molar-refractivity contribution in [2.75, 3.05) is 9.80 Å². The van der Waals surface area contributed by atoms with Gasteiger partial charge in [-0.15, -0.1) is 0 Å². The summed E-state index contributed by atoms with van der Waals surface area (Å²) in [5.74, 6) is 0. The van der Waals surface area contributed by atoms with E-state index in [1.807, 2.05) is 12.1 Å². The van der Waals surface area contributed by atoms with E-state index < -0.39 is 0 Å². The third kappa shape index (κ3) is 6.07. The number of fused-ring (bicyclic) bond motifs is 10. The summed E-state index contributed by atoms with van der Waals surface area (Å²) < 4.78 is 13.2. The first-order chi connectivity index (χ1) is 32.5. The molecule has 0 radical (unpaired) electrons. The zero-order chi connectivity index (χ0) is 45.3. The summed E-state index contributed by atoms with van der Waals surface area (Å²) in [6.07, 6.45) is 0. The van der Waals surface area contributed by atoms with Crippen molar-refractivity contribution in [2.45, 2.75) is 52.4 Å². The van der Waals surface area contributed by atoms with Gasteiger partial charge < -0.3 is 18.6 Å². The second-order valence-corrected chi connectivity index (χ2v) is 20.5. The maximum Gasteiger partial charge on any atom is 0.252 e. The molecule has 0 aliphatic carbocycles. The van der Waals surface area contributed by atoms with Crippen LogP contribution in [0.3, 0.4) is 0 Å². The van der Waals surface area contributed by atoms with Gasteiger partial charge in [0.15, 0.2) is 0 Å². The minimum Gasteiger partial charge on any atom is -0.455 e. The number of benzene rings is 9. The molecule has 67 heavy (non-hydrogen) atoms. The second kappa shape index (κ2) is 14.4. The van der Waals surface area contributed by atoms with Gasteiger partial charge in [0.1, 0.15) is 22.3 Å². The first-order valence-corrected chi connectivity index (χ1v) is 23.5. The van der Waals surface area contributed by atoms with Gasteiger partial charge in [-0.1, -0.05) is 169 Å². The van der Waals surface area contributed by atoms with Crippen LogP contribution in [-0.4, -0.2) is 6.71 Å².